The molecule has 0 saturated carbocycles. The van der Waals surface area contributed by atoms with E-state index in [2.05, 4.69) is 48.3 Å². The third kappa shape index (κ3) is 2.54. The topological polar surface area (TPSA) is 15.8 Å². The zero-order valence-corrected chi connectivity index (χ0v) is 9.87. The molecule has 84 valence electrons. The monoisotopic (exact) mass is 213 g/mol. The molecule has 1 nitrogen and oxygen atoms in total. The first-order chi connectivity index (χ1) is 7.92. The summed E-state index contributed by atoms with van der Waals surface area (Å²) in [5, 5.41) is 0. The maximum Gasteiger partial charge on any atom is 0.0486 e. The van der Waals surface area contributed by atoms with Crippen molar-refractivity contribution >= 4 is 0 Å². The number of hydrogen-bond acceptors (Lipinski definition) is 0. The largest absolute Gasteiger partial charge is 0.361 e. The minimum absolute atomic E-state index is 1.18. The van der Waals surface area contributed by atoms with Crippen molar-refractivity contribution in [2.24, 2.45) is 0 Å². The Morgan fingerprint density at radius 3 is 2.56 bits per heavy atom. The molecule has 0 spiro atoms. The third-order valence-electron chi connectivity index (χ3n) is 2.95. The number of rotatable bonds is 5. The molecule has 1 N–H and O–H groups in total. The minimum Gasteiger partial charge on any atom is -0.361 e. The third-order valence-corrected chi connectivity index (χ3v) is 2.95. The number of aryl methyl sites for hydroxylation is 1. The lowest BCUT2D eigenvalue weighted by Gasteiger charge is -2.03. The van der Waals surface area contributed by atoms with Crippen molar-refractivity contribution in [3.63, 3.8) is 0 Å². The molecular weight excluding hydrogens is 194 g/mol. The van der Waals surface area contributed by atoms with Crippen molar-refractivity contribution in [3.05, 3.63) is 48.2 Å². The second-order valence-electron chi connectivity index (χ2n) is 4.20. The van der Waals surface area contributed by atoms with Gasteiger partial charge in [0.25, 0.3) is 0 Å². The first kappa shape index (κ1) is 11.0. The molecule has 1 aromatic heterocycles. The molecule has 0 amide bonds. The van der Waals surface area contributed by atoms with Crippen molar-refractivity contribution in [1.82, 2.24) is 4.98 Å². The van der Waals surface area contributed by atoms with Crippen molar-refractivity contribution in [2.45, 2.75) is 32.6 Å². The summed E-state index contributed by atoms with van der Waals surface area (Å²) < 4.78 is 0. The van der Waals surface area contributed by atoms with Crippen LogP contribution in [0.4, 0.5) is 0 Å². The highest BCUT2D eigenvalue weighted by molar-refractivity contribution is 5.63. The summed E-state index contributed by atoms with van der Waals surface area (Å²) in [6.07, 6.45) is 7.11. The molecule has 0 fully saturated rings. The van der Waals surface area contributed by atoms with Gasteiger partial charge in [-0.05, 0) is 30.0 Å². The van der Waals surface area contributed by atoms with Gasteiger partial charge in [-0.1, -0.05) is 50.1 Å². The second-order valence-corrected chi connectivity index (χ2v) is 4.20. The van der Waals surface area contributed by atoms with E-state index in [1.165, 1.54) is 42.5 Å². The molecule has 0 aliphatic carbocycles. The zero-order chi connectivity index (χ0) is 11.2. The van der Waals surface area contributed by atoms with Crippen LogP contribution in [0.5, 0.6) is 0 Å². The fourth-order valence-electron chi connectivity index (χ4n) is 2.05. The molecule has 2 aromatic rings. The number of H-pyrrole nitrogens is 1. The van der Waals surface area contributed by atoms with Gasteiger partial charge in [-0.3, -0.25) is 0 Å². The predicted molar refractivity (Wildman–Crippen MR) is 69.5 cm³/mol. The van der Waals surface area contributed by atoms with E-state index >= 15 is 0 Å². The fourth-order valence-corrected chi connectivity index (χ4v) is 2.05. The highest BCUT2D eigenvalue weighted by Crippen LogP contribution is 2.23. The van der Waals surface area contributed by atoms with Crippen LogP contribution in [-0.4, -0.2) is 4.98 Å². The van der Waals surface area contributed by atoms with Gasteiger partial charge in [-0.25, -0.2) is 0 Å². The SMILES string of the molecule is CCCCCc1cc[nH]c1-c1ccccc1. The maximum atomic E-state index is 3.35. The van der Waals surface area contributed by atoms with Crippen LogP contribution in [0.25, 0.3) is 11.3 Å². The predicted octanol–water partition coefficient (Wildman–Crippen LogP) is 4.41. The van der Waals surface area contributed by atoms with Crippen molar-refractivity contribution in [2.75, 3.05) is 0 Å². The first-order valence-corrected chi connectivity index (χ1v) is 6.13. The smallest absolute Gasteiger partial charge is 0.0486 e. The summed E-state index contributed by atoms with van der Waals surface area (Å²) in [5.74, 6) is 0. The van der Waals surface area contributed by atoms with Gasteiger partial charge in [-0.2, -0.15) is 0 Å². The number of benzene rings is 1. The molecule has 0 aliphatic heterocycles. The van der Waals surface area contributed by atoms with Crippen LogP contribution in [0.15, 0.2) is 42.6 Å². The molecule has 1 aromatic carbocycles. The van der Waals surface area contributed by atoms with Gasteiger partial charge in [0.2, 0.25) is 0 Å². The first-order valence-electron chi connectivity index (χ1n) is 6.13. The van der Waals surface area contributed by atoms with Crippen LogP contribution in [0.3, 0.4) is 0 Å². The lowest BCUT2D eigenvalue weighted by atomic mass is 10.0. The second kappa shape index (κ2) is 5.55. The van der Waals surface area contributed by atoms with E-state index in [0.29, 0.717) is 0 Å². The zero-order valence-electron chi connectivity index (χ0n) is 9.87. The summed E-state index contributed by atoms with van der Waals surface area (Å²) in [4.78, 5) is 3.35. The van der Waals surface area contributed by atoms with Gasteiger partial charge in [-0.15, -0.1) is 0 Å². The molecule has 1 heteroatoms. The van der Waals surface area contributed by atoms with E-state index in [4.69, 9.17) is 0 Å². The average Bonchev–Trinajstić information content (AvgIpc) is 2.79. The number of aromatic nitrogens is 1. The van der Waals surface area contributed by atoms with Crippen LogP contribution >= 0.6 is 0 Å². The van der Waals surface area contributed by atoms with E-state index in [1.807, 2.05) is 6.20 Å². The van der Waals surface area contributed by atoms with Crippen molar-refractivity contribution in [3.8, 4) is 11.3 Å². The Morgan fingerprint density at radius 1 is 1.00 bits per heavy atom. The number of nitrogens with one attached hydrogen (secondary N) is 1. The molecule has 16 heavy (non-hydrogen) atoms. The fraction of sp³-hybridized carbons (Fsp3) is 0.333. The summed E-state index contributed by atoms with van der Waals surface area (Å²) >= 11 is 0. The number of hydrogen-bond donors (Lipinski definition) is 1. The molecule has 0 bridgehead atoms. The highest BCUT2D eigenvalue weighted by atomic mass is 14.7. The number of aromatic amines is 1. The van der Waals surface area contributed by atoms with Crippen LogP contribution in [0.1, 0.15) is 31.7 Å². The average molecular weight is 213 g/mol. The summed E-state index contributed by atoms with van der Waals surface area (Å²) in [5.41, 5.74) is 4.02. The van der Waals surface area contributed by atoms with E-state index in [9.17, 15) is 0 Å². The molecule has 0 saturated heterocycles. The van der Waals surface area contributed by atoms with E-state index in [0.717, 1.165) is 0 Å². The minimum atomic E-state index is 1.18. The van der Waals surface area contributed by atoms with E-state index in [1.54, 1.807) is 0 Å². The van der Waals surface area contributed by atoms with E-state index in [-0.39, 0.29) is 0 Å². The summed E-state index contributed by atoms with van der Waals surface area (Å²) in [6, 6.07) is 12.8. The molecular formula is C15H19N. The molecule has 2 rings (SSSR count). The van der Waals surface area contributed by atoms with Crippen molar-refractivity contribution in [1.29, 1.82) is 0 Å². The molecule has 1 heterocycles. The summed E-state index contributed by atoms with van der Waals surface area (Å²) in [7, 11) is 0. The van der Waals surface area contributed by atoms with Gasteiger partial charge < -0.3 is 4.98 Å². The lowest BCUT2D eigenvalue weighted by Crippen LogP contribution is -1.87. The van der Waals surface area contributed by atoms with Gasteiger partial charge in [0.15, 0.2) is 0 Å². The number of unbranched alkanes of at least 4 members (excludes halogenated alkanes) is 2. The van der Waals surface area contributed by atoms with Gasteiger partial charge in [0.05, 0.1) is 0 Å². The molecule has 0 atom stereocenters. The Balaban J connectivity index is 2.13. The highest BCUT2D eigenvalue weighted by Gasteiger charge is 2.04. The Bertz CT molecular complexity index is 414. The lowest BCUT2D eigenvalue weighted by molar-refractivity contribution is 0.718. The molecule has 0 radical (unpaired) electrons. The van der Waals surface area contributed by atoms with E-state index < -0.39 is 0 Å². The van der Waals surface area contributed by atoms with Crippen LogP contribution in [-0.2, 0) is 6.42 Å². The van der Waals surface area contributed by atoms with Crippen LogP contribution in [0.2, 0.25) is 0 Å². The van der Waals surface area contributed by atoms with Crippen molar-refractivity contribution < 1.29 is 0 Å². The Labute approximate surface area is 97.5 Å². The van der Waals surface area contributed by atoms with Gasteiger partial charge in [0, 0.05) is 11.9 Å². The Hall–Kier alpha value is -1.50. The van der Waals surface area contributed by atoms with Crippen LogP contribution < -0.4 is 0 Å². The van der Waals surface area contributed by atoms with Gasteiger partial charge >= 0.3 is 0 Å². The Kier molecular flexibility index (Phi) is 3.81. The Morgan fingerprint density at radius 2 is 1.81 bits per heavy atom. The normalized spacial score (nSPS) is 10.6. The molecule has 0 unspecified atom stereocenters. The standard InChI is InChI=1S/C15H19N/c1-2-3-5-8-14-11-12-16-15(14)13-9-6-4-7-10-13/h4,6-7,9-12,16H,2-3,5,8H2,1H3. The maximum absolute atomic E-state index is 3.35. The summed E-state index contributed by atoms with van der Waals surface area (Å²) in [6.45, 7) is 2.25. The molecule has 0 aliphatic rings. The quantitative estimate of drug-likeness (QED) is 0.708. The van der Waals surface area contributed by atoms with Gasteiger partial charge in [0.1, 0.15) is 0 Å². The van der Waals surface area contributed by atoms with Crippen LogP contribution in [0, 0.1) is 0 Å².